The van der Waals surface area contributed by atoms with Crippen LogP contribution in [0.3, 0.4) is 0 Å². The largest absolute Gasteiger partial charge is 0.484 e. The minimum absolute atomic E-state index is 0.0475. The second-order valence-corrected chi connectivity index (χ2v) is 7.31. The van der Waals surface area contributed by atoms with Crippen LogP contribution in [0, 0.1) is 6.92 Å². The van der Waals surface area contributed by atoms with Crippen LogP contribution in [0.1, 0.15) is 24.1 Å². The summed E-state index contributed by atoms with van der Waals surface area (Å²) >= 11 is 2.82. The number of aryl methyl sites for hydroxylation is 1. The Morgan fingerprint density at radius 2 is 2.08 bits per heavy atom. The molecule has 2 aromatic heterocycles. The molecule has 0 atom stereocenters. The van der Waals surface area contributed by atoms with Gasteiger partial charge < -0.3 is 9.15 Å². The molecule has 3 aromatic rings. The molecule has 3 rings (SSSR count). The molecule has 7 nitrogen and oxygen atoms in total. The van der Waals surface area contributed by atoms with E-state index < -0.39 is 0 Å². The van der Waals surface area contributed by atoms with E-state index in [4.69, 9.17) is 9.15 Å². The Bertz CT molecular complexity index is 876. The smallest absolute Gasteiger partial charge is 0.277 e. The van der Waals surface area contributed by atoms with Gasteiger partial charge in [0.05, 0.1) is 5.69 Å². The Labute approximate surface area is 159 Å². The molecule has 9 heteroatoms. The second-order valence-electron chi connectivity index (χ2n) is 5.55. The van der Waals surface area contributed by atoms with Gasteiger partial charge in [-0.2, -0.15) is 0 Å². The van der Waals surface area contributed by atoms with E-state index in [0.717, 1.165) is 11.4 Å². The number of nitrogens with zero attached hydrogens (tertiary/aromatic N) is 4. The standard InChI is InChI=1S/C17H18N4O3S2/c1-11-4-6-14(7-5-11)23-8-15-19-20-17(24-15)26-10-13-9-25-16(18-13)21(3)12(2)22/h4-7,9H,8,10H2,1-3H3. The summed E-state index contributed by atoms with van der Waals surface area (Å²) in [6.07, 6.45) is 0. The molecule has 26 heavy (non-hydrogen) atoms. The van der Waals surface area contributed by atoms with E-state index in [2.05, 4.69) is 15.2 Å². The highest BCUT2D eigenvalue weighted by Crippen LogP contribution is 2.26. The van der Waals surface area contributed by atoms with Crippen molar-refractivity contribution in [1.29, 1.82) is 0 Å². The highest BCUT2D eigenvalue weighted by atomic mass is 32.2. The first-order valence-corrected chi connectivity index (χ1v) is 9.71. The fourth-order valence-corrected chi connectivity index (χ4v) is 3.53. The van der Waals surface area contributed by atoms with Crippen molar-refractivity contribution in [2.75, 3.05) is 11.9 Å². The fourth-order valence-electron chi connectivity index (χ4n) is 1.92. The average molecular weight is 390 g/mol. The number of anilines is 1. The zero-order valence-electron chi connectivity index (χ0n) is 14.6. The maximum absolute atomic E-state index is 11.4. The fraction of sp³-hybridized carbons (Fsp3) is 0.294. The molecular formula is C17H18N4O3S2. The molecule has 0 radical (unpaired) electrons. The number of rotatable bonds is 7. The van der Waals surface area contributed by atoms with Gasteiger partial charge in [-0.1, -0.05) is 29.5 Å². The topological polar surface area (TPSA) is 81.4 Å². The molecule has 0 aliphatic rings. The first-order chi connectivity index (χ1) is 12.5. The quantitative estimate of drug-likeness (QED) is 0.569. The van der Waals surface area contributed by atoms with E-state index in [1.165, 1.54) is 40.5 Å². The number of carbonyl (C=O) groups is 1. The maximum atomic E-state index is 11.4. The number of carbonyl (C=O) groups excluding carboxylic acids is 1. The summed E-state index contributed by atoms with van der Waals surface area (Å²) in [4.78, 5) is 17.3. The number of ether oxygens (including phenoxy) is 1. The lowest BCUT2D eigenvalue weighted by Gasteiger charge is -2.09. The number of hydrogen-bond donors (Lipinski definition) is 0. The molecule has 0 unspecified atom stereocenters. The van der Waals surface area contributed by atoms with Gasteiger partial charge in [0, 0.05) is 25.1 Å². The van der Waals surface area contributed by atoms with E-state index in [9.17, 15) is 4.79 Å². The van der Waals surface area contributed by atoms with Crippen molar-refractivity contribution in [2.24, 2.45) is 0 Å². The van der Waals surface area contributed by atoms with Gasteiger partial charge in [-0.05, 0) is 19.1 Å². The van der Waals surface area contributed by atoms with Crippen LogP contribution in [-0.2, 0) is 17.2 Å². The van der Waals surface area contributed by atoms with Gasteiger partial charge in [0.15, 0.2) is 11.7 Å². The zero-order valence-corrected chi connectivity index (χ0v) is 16.3. The van der Waals surface area contributed by atoms with Crippen LogP contribution >= 0.6 is 23.1 Å². The number of thiazole rings is 1. The van der Waals surface area contributed by atoms with E-state index in [-0.39, 0.29) is 12.5 Å². The summed E-state index contributed by atoms with van der Waals surface area (Å²) in [6.45, 7) is 3.75. The van der Waals surface area contributed by atoms with Gasteiger partial charge >= 0.3 is 0 Å². The van der Waals surface area contributed by atoms with Crippen LogP contribution < -0.4 is 9.64 Å². The van der Waals surface area contributed by atoms with Crippen LogP contribution in [0.4, 0.5) is 5.13 Å². The monoisotopic (exact) mass is 390 g/mol. The normalized spacial score (nSPS) is 10.7. The summed E-state index contributed by atoms with van der Waals surface area (Å²) in [6, 6.07) is 7.77. The minimum Gasteiger partial charge on any atom is -0.484 e. The Morgan fingerprint density at radius 3 is 2.81 bits per heavy atom. The first-order valence-electron chi connectivity index (χ1n) is 7.84. The molecule has 1 aromatic carbocycles. The predicted molar refractivity (Wildman–Crippen MR) is 101 cm³/mol. The molecule has 0 saturated heterocycles. The third-order valence-electron chi connectivity index (χ3n) is 3.47. The molecule has 0 aliphatic heterocycles. The van der Waals surface area contributed by atoms with Crippen LogP contribution in [-0.4, -0.2) is 28.1 Å². The molecular weight excluding hydrogens is 372 g/mol. The van der Waals surface area contributed by atoms with E-state index >= 15 is 0 Å². The Morgan fingerprint density at radius 1 is 1.31 bits per heavy atom. The third kappa shape index (κ3) is 4.83. The van der Waals surface area contributed by atoms with E-state index in [0.29, 0.717) is 22.0 Å². The number of benzene rings is 1. The van der Waals surface area contributed by atoms with Gasteiger partial charge in [0.2, 0.25) is 5.91 Å². The van der Waals surface area contributed by atoms with Gasteiger partial charge in [0.25, 0.3) is 11.1 Å². The van der Waals surface area contributed by atoms with Crippen LogP contribution in [0.2, 0.25) is 0 Å². The van der Waals surface area contributed by atoms with Crippen molar-refractivity contribution < 1.29 is 13.9 Å². The number of amides is 1. The summed E-state index contributed by atoms with van der Waals surface area (Å²) < 4.78 is 11.2. The third-order valence-corrected chi connectivity index (χ3v) is 5.29. The van der Waals surface area contributed by atoms with Crippen molar-refractivity contribution in [3.05, 3.63) is 46.8 Å². The van der Waals surface area contributed by atoms with Crippen LogP contribution in [0.25, 0.3) is 0 Å². The first kappa shape index (κ1) is 18.4. The summed E-state index contributed by atoms with van der Waals surface area (Å²) in [7, 11) is 1.70. The lowest BCUT2D eigenvalue weighted by Crippen LogP contribution is -2.22. The van der Waals surface area contributed by atoms with Gasteiger partial charge in [0.1, 0.15) is 5.75 Å². The molecule has 0 spiro atoms. The molecule has 2 heterocycles. The van der Waals surface area contributed by atoms with Gasteiger partial charge in [-0.25, -0.2) is 4.98 Å². The second kappa shape index (κ2) is 8.33. The predicted octanol–water partition coefficient (Wildman–Crippen LogP) is 3.69. The van der Waals surface area contributed by atoms with Crippen LogP contribution in [0.15, 0.2) is 39.3 Å². The Balaban J connectivity index is 1.50. The number of aromatic nitrogens is 3. The average Bonchev–Trinajstić information content (AvgIpc) is 3.28. The zero-order chi connectivity index (χ0) is 18.5. The lowest BCUT2D eigenvalue weighted by molar-refractivity contribution is -0.116. The van der Waals surface area contributed by atoms with Crippen molar-refractivity contribution in [3.63, 3.8) is 0 Å². The van der Waals surface area contributed by atoms with Gasteiger partial charge in [-0.15, -0.1) is 21.5 Å². The lowest BCUT2D eigenvalue weighted by atomic mass is 10.2. The summed E-state index contributed by atoms with van der Waals surface area (Å²) in [5, 5.41) is 11.0. The van der Waals surface area contributed by atoms with E-state index in [1.807, 2.05) is 36.6 Å². The molecule has 0 N–H and O–H groups in total. The molecule has 0 saturated carbocycles. The number of hydrogen-bond acceptors (Lipinski definition) is 8. The number of thioether (sulfide) groups is 1. The van der Waals surface area contributed by atoms with Crippen molar-refractivity contribution >= 4 is 34.1 Å². The summed E-state index contributed by atoms with van der Waals surface area (Å²) in [5.41, 5.74) is 2.03. The highest BCUT2D eigenvalue weighted by molar-refractivity contribution is 7.98. The molecule has 1 amide bonds. The maximum Gasteiger partial charge on any atom is 0.277 e. The van der Waals surface area contributed by atoms with Crippen molar-refractivity contribution in [1.82, 2.24) is 15.2 Å². The van der Waals surface area contributed by atoms with Gasteiger partial charge in [-0.3, -0.25) is 9.69 Å². The highest BCUT2D eigenvalue weighted by Gasteiger charge is 2.12. The summed E-state index contributed by atoms with van der Waals surface area (Å²) in [5.74, 6) is 1.72. The molecule has 136 valence electrons. The molecule has 0 fully saturated rings. The van der Waals surface area contributed by atoms with E-state index in [1.54, 1.807) is 7.05 Å². The minimum atomic E-state index is -0.0475. The Kier molecular flexibility index (Phi) is 5.89. The van der Waals surface area contributed by atoms with Crippen molar-refractivity contribution in [2.45, 2.75) is 31.4 Å². The molecule has 0 bridgehead atoms. The van der Waals surface area contributed by atoms with Crippen molar-refractivity contribution in [3.8, 4) is 5.75 Å². The Hall–Kier alpha value is -2.39. The molecule has 0 aliphatic carbocycles. The SMILES string of the molecule is CC(=O)N(C)c1nc(CSc2nnc(COc3ccc(C)cc3)o2)cs1. The van der Waals surface area contributed by atoms with Crippen LogP contribution in [0.5, 0.6) is 5.75 Å².